The van der Waals surface area contributed by atoms with Gasteiger partial charge >= 0.3 is 5.97 Å². The molecule has 0 aliphatic rings. The predicted octanol–water partition coefficient (Wildman–Crippen LogP) is 2.51. The molecule has 4 heteroatoms. The van der Waals surface area contributed by atoms with Crippen LogP contribution in [0.3, 0.4) is 0 Å². The predicted molar refractivity (Wildman–Crippen MR) is 64.5 cm³/mol. The van der Waals surface area contributed by atoms with E-state index in [0.29, 0.717) is 23.0 Å². The highest BCUT2D eigenvalue weighted by atomic mass is 16.4. The first-order valence-corrected chi connectivity index (χ1v) is 5.40. The molecule has 0 spiro atoms. The van der Waals surface area contributed by atoms with E-state index in [4.69, 9.17) is 5.11 Å². The Morgan fingerprint density at radius 2 is 2.12 bits per heavy atom. The van der Waals surface area contributed by atoms with E-state index in [1.54, 1.807) is 6.07 Å². The molecule has 0 unspecified atom stereocenters. The van der Waals surface area contributed by atoms with Crippen LogP contribution in [-0.2, 0) is 6.42 Å². The average molecular weight is 231 g/mol. The number of hydrogen-bond donors (Lipinski definition) is 2. The second-order valence-electron chi connectivity index (χ2n) is 3.96. The normalized spacial score (nSPS) is 10.7. The summed E-state index contributed by atoms with van der Waals surface area (Å²) in [4.78, 5) is 15.4. The van der Waals surface area contributed by atoms with Crippen LogP contribution >= 0.6 is 0 Å². The van der Waals surface area contributed by atoms with Crippen LogP contribution in [0.2, 0.25) is 0 Å². The summed E-state index contributed by atoms with van der Waals surface area (Å²) in [5.41, 5.74) is 1.97. The maximum atomic E-state index is 11.1. The van der Waals surface area contributed by atoms with Crippen molar-refractivity contribution >= 4 is 16.9 Å². The molecule has 17 heavy (non-hydrogen) atoms. The number of carboxylic acid groups (broad SMARTS) is 1. The molecule has 2 rings (SSSR count). The standard InChI is InChI=1S/C13H13NO3/c1-3-9-11(13(16)17)12(15)8-5-4-7(2)6-10(8)14-9/h4-6H,3H2,1-2H3,(H,14,15)(H,16,17). The number of nitrogens with zero attached hydrogens (tertiary/aromatic N) is 1. The molecule has 1 aromatic carbocycles. The Morgan fingerprint density at radius 1 is 1.41 bits per heavy atom. The minimum Gasteiger partial charge on any atom is -0.506 e. The first kappa shape index (κ1) is 11.4. The van der Waals surface area contributed by atoms with Gasteiger partial charge in [-0.2, -0.15) is 0 Å². The van der Waals surface area contributed by atoms with Gasteiger partial charge in [-0.05, 0) is 31.0 Å². The topological polar surface area (TPSA) is 70.4 Å². The van der Waals surface area contributed by atoms with E-state index in [9.17, 15) is 9.90 Å². The second kappa shape index (κ2) is 4.05. The lowest BCUT2D eigenvalue weighted by Gasteiger charge is -2.09. The van der Waals surface area contributed by atoms with Crippen LogP contribution in [0.15, 0.2) is 18.2 Å². The molecule has 0 bridgehead atoms. The summed E-state index contributed by atoms with van der Waals surface area (Å²) in [6, 6.07) is 5.35. The number of carbonyl (C=O) groups is 1. The zero-order chi connectivity index (χ0) is 12.6. The summed E-state index contributed by atoms with van der Waals surface area (Å²) in [5.74, 6) is -1.34. The Labute approximate surface area is 98.5 Å². The van der Waals surface area contributed by atoms with Crippen LogP contribution in [0.4, 0.5) is 0 Å². The second-order valence-corrected chi connectivity index (χ2v) is 3.96. The Morgan fingerprint density at radius 3 is 2.71 bits per heavy atom. The van der Waals surface area contributed by atoms with Crippen molar-refractivity contribution < 1.29 is 15.0 Å². The van der Waals surface area contributed by atoms with E-state index in [-0.39, 0.29) is 11.3 Å². The van der Waals surface area contributed by atoms with E-state index in [0.717, 1.165) is 5.56 Å². The van der Waals surface area contributed by atoms with Crippen molar-refractivity contribution in [3.8, 4) is 5.75 Å². The first-order valence-electron chi connectivity index (χ1n) is 5.40. The van der Waals surface area contributed by atoms with Gasteiger partial charge in [0.05, 0.1) is 11.2 Å². The summed E-state index contributed by atoms with van der Waals surface area (Å²) in [6.45, 7) is 3.74. The van der Waals surface area contributed by atoms with Crippen LogP contribution in [0.1, 0.15) is 28.5 Å². The third-order valence-electron chi connectivity index (χ3n) is 2.74. The van der Waals surface area contributed by atoms with Gasteiger partial charge in [-0.15, -0.1) is 0 Å². The Balaban J connectivity index is 2.87. The van der Waals surface area contributed by atoms with E-state index in [1.807, 2.05) is 26.0 Å². The third kappa shape index (κ3) is 1.82. The highest BCUT2D eigenvalue weighted by molar-refractivity contribution is 5.99. The lowest BCUT2D eigenvalue weighted by Crippen LogP contribution is -2.05. The largest absolute Gasteiger partial charge is 0.506 e. The molecule has 1 aromatic heterocycles. The van der Waals surface area contributed by atoms with Gasteiger partial charge in [0, 0.05) is 5.39 Å². The van der Waals surface area contributed by atoms with Gasteiger partial charge in [0.1, 0.15) is 11.3 Å². The molecular formula is C13H13NO3. The maximum absolute atomic E-state index is 11.1. The number of fused-ring (bicyclic) bond motifs is 1. The number of carboxylic acids is 1. The zero-order valence-corrected chi connectivity index (χ0v) is 9.69. The van der Waals surface area contributed by atoms with E-state index >= 15 is 0 Å². The maximum Gasteiger partial charge on any atom is 0.341 e. The number of aromatic carboxylic acids is 1. The van der Waals surface area contributed by atoms with Gasteiger partial charge in [0.25, 0.3) is 0 Å². The minimum absolute atomic E-state index is 0.0937. The number of rotatable bonds is 2. The lowest BCUT2D eigenvalue weighted by atomic mass is 10.0. The van der Waals surface area contributed by atoms with E-state index < -0.39 is 5.97 Å². The highest BCUT2D eigenvalue weighted by Gasteiger charge is 2.19. The molecule has 0 amide bonds. The number of aryl methyl sites for hydroxylation is 2. The Kier molecular flexibility index (Phi) is 2.71. The zero-order valence-electron chi connectivity index (χ0n) is 9.69. The monoisotopic (exact) mass is 231 g/mol. The quantitative estimate of drug-likeness (QED) is 0.833. The molecule has 2 aromatic rings. The van der Waals surface area contributed by atoms with Crippen molar-refractivity contribution in [2.45, 2.75) is 20.3 Å². The van der Waals surface area contributed by atoms with Crippen molar-refractivity contribution in [1.29, 1.82) is 0 Å². The van der Waals surface area contributed by atoms with Crippen molar-refractivity contribution in [1.82, 2.24) is 4.98 Å². The summed E-state index contributed by atoms with van der Waals surface area (Å²) < 4.78 is 0. The summed E-state index contributed by atoms with van der Waals surface area (Å²) in [6.07, 6.45) is 0.471. The van der Waals surface area contributed by atoms with E-state index in [1.165, 1.54) is 0 Å². The third-order valence-corrected chi connectivity index (χ3v) is 2.74. The Bertz CT molecular complexity index is 605. The molecule has 0 saturated carbocycles. The minimum atomic E-state index is -1.14. The molecule has 0 aliphatic carbocycles. The van der Waals surface area contributed by atoms with Gasteiger partial charge in [-0.3, -0.25) is 4.98 Å². The molecule has 0 saturated heterocycles. The molecule has 0 aliphatic heterocycles. The van der Waals surface area contributed by atoms with Crippen LogP contribution in [0.25, 0.3) is 10.9 Å². The molecule has 0 fully saturated rings. The summed E-state index contributed by atoms with van der Waals surface area (Å²) >= 11 is 0. The molecule has 1 heterocycles. The highest BCUT2D eigenvalue weighted by Crippen LogP contribution is 2.30. The number of pyridine rings is 1. The van der Waals surface area contributed by atoms with Crippen molar-refractivity contribution in [2.75, 3.05) is 0 Å². The Hall–Kier alpha value is -2.10. The van der Waals surface area contributed by atoms with Crippen LogP contribution in [0, 0.1) is 6.92 Å². The fraction of sp³-hybridized carbons (Fsp3) is 0.231. The molecule has 88 valence electrons. The van der Waals surface area contributed by atoms with Crippen molar-refractivity contribution in [3.05, 3.63) is 35.0 Å². The van der Waals surface area contributed by atoms with Crippen LogP contribution in [-0.4, -0.2) is 21.2 Å². The van der Waals surface area contributed by atoms with Crippen LogP contribution in [0.5, 0.6) is 5.75 Å². The molecule has 2 N–H and O–H groups in total. The van der Waals surface area contributed by atoms with E-state index in [2.05, 4.69) is 4.98 Å². The molecule has 4 nitrogen and oxygen atoms in total. The molecule has 0 atom stereocenters. The summed E-state index contributed by atoms with van der Waals surface area (Å²) in [5, 5.41) is 19.6. The lowest BCUT2D eigenvalue weighted by molar-refractivity contribution is 0.0692. The smallest absolute Gasteiger partial charge is 0.341 e. The van der Waals surface area contributed by atoms with Gasteiger partial charge in [-0.25, -0.2) is 4.79 Å². The van der Waals surface area contributed by atoms with Crippen molar-refractivity contribution in [3.63, 3.8) is 0 Å². The number of aromatic nitrogens is 1. The van der Waals surface area contributed by atoms with Gasteiger partial charge in [0.2, 0.25) is 0 Å². The average Bonchev–Trinajstić information content (AvgIpc) is 2.27. The summed E-state index contributed by atoms with van der Waals surface area (Å²) in [7, 11) is 0. The van der Waals surface area contributed by atoms with Gasteiger partial charge < -0.3 is 10.2 Å². The first-order chi connectivity index (χ1) is 8.04. The molecule has 0 radical (unpaired) electrons. The van der Waals surface area contributed by atoms with Gasteiger partial charge in [-0.1, -0.05) is 13.0 Å². The molecular weight excluding hydrogens is 218 g/mol. The van der Waals surface area contributed by atoms with Gasteiger partial charge in [0.15, 0.2) is 0 Å². The fourth-order valence-electron chi connectivity index (χ4n) is 1.89. The number of hydrogen-bond acceptors (Lipinski definition) is 3. The van der Waals surface area contributed by atoms with Crippen molar-refractivity contribution in [2.24, 2.45) is 0 Å². The fourth-order valence-corrected chi connectivity index (χ4v) is 1.89. The SMILES string of the molecule is CCc1nc2cc(C)ccc2c(O)c1C(=O)O. The number of aromatic hydroxyl groups is 1. The van der Waals surface area contributed by atoms with Crippen LogP contribution < -0.4 is 0 Å². The number of benzene rings is 1.